The van der Waals surface area contributed by atoms with Crippen LogP contribution < -0.4 is 9.47 Å². The first kappa shape index (κ1) is 10.7. The zero-order chi connectivity index (χ0) is 12.5. The summed E-state index contributed by atoms with van der Waals surface area (Å²) in [5.41, 5.74) is 2.38. The van der Waals surface area contributed by atoms with Gasteiger partial charge >= 0.3 is 0 Å². The summed E-state index contributed by atoms with van der Waals surface area (Å²) in [5, 5.41) is 0. The molecule has 0 amide bonds. The van der Waals surface area contributed by atoms with Gasteiger partial charge in [-0.3, -0.25) is 0 Å². The molecule has 0 saturated heterocycles. The van der Waals surface area contributed by atoms with E-state index in [2.05, 4.69) is 5.92 Å². The maximum Gasteiger partial charge on any atom is 0.231 e. The fraction of sp³-hybridized carbons (Fsp3) is 0.0667. The average Bonchev–Trinajstić information content (AvgIpc) is 2.85. The zero-order valence-electron chi connectivity index (χ0n) is 9.44. The van der Waals surface area contributed by atoms with Crippen LogP contribution in [0.2, 0.25) is 0 Å². The van der Waals surface area contributed by atoms with Crippen molar-refractivity contribution in [3.63, 3.8) is 0 Å². The van der Waals surface area contributed by atoms with Gasteiger partial charge in [-0.15, -0.1) is 6.42 Å². The first-order valence-electron chi connectivity index (χ1n) is 5.44. The van der Waals surface area contributed by atoms with E-state index in [1.54, 1.807) is 18.2 Å². The normalized spacial score (nSPS) is 12.2. The van der Waals surface area contributed by atoms with Crippen molar-refractivity contribution in [1.29, 1.82) is 0 Å². The first-order chi connectivity index (χ1) is 8.78. The highest BCUT2D eigenvalue weighted by atomic mass is 19.1. The molecule has 18 heavy (non-hydrogen) atoms. The Morgan fingerprint density at radius 2 is 1.72 bits per heavy atom. The van der Waals surface area contributed by atoms with Gasteiger partial charge in [0, 0.05) is 17.2 Å². The first-order valence-corrected chi connectivity index (χ1v) is 5.44. The molecule has 0 spiro atoms. The number of hydrogen-bond donors (Lipinski definition) is 0. The van der Waals surface area contributed by atoms with Crippen molar-refractivity contribution in [1.82, 2.24) is 0 Å². The zero-order valence-corrected chi connectivity index (χ0v) is 9.44. The molecule has 1 aliphatic rings. The van der Waals surface area contributed by atoms with Gasteiger partial charge in [0.25, 0.3) is 0 Å². The molecule has 0 saturated carbocycles. The van der Waals surface area contributed by atoms with Gasteiger partial charge < -0.3 is 9.47 Å². The monoisotopic (exact) mass is 240 g/mol. The SMILES string of the molecule is C#Cc1cc2c(cc1-c1ccc(F)cc1)OCO2. The second-order valence-corrected chi connectivity index (χ2v) is 3.90. The van der Waals surface area contributed by atoms with Crippen LogP contribution >= 0.6 is 0 Å². The van der Waals surface area contributed by atoms with Crippen molar-refractivity contribution in [3.8, 4) is 35.0 Å². The van der Waals surface area contributed by atoms with E-state index in [9.17, 15) is 4.39 Å². The lowest BCUT2D eigenvalue weighted by Gasteiger charge is -2.07. The summed E-state index contributed by atoms with van der Waals surface area (Å²) >= 11 is 0. The van der Waals surface area contributed by atoms with Crippen molar-refractivity contribution in [3.05, 3.63) is 47.8 Å². The third-order valence-corrected chi connectivity index (χ3v) is 2.82. The molecule has 0 unspecified atom stereocenters. The standard InChI is InChI=1S/C15H9FO2/c1-2-10-7-14-15(18-9-17-14)8-13(10)11-3-5-12(16)6-4-11/h1,3-8H,9H2. The Hall–Kier alpha value is -2.47. The van der Waals surface area contributed by atoms with Crippen LogP contribution in [0.25, 0.3) is 11.1 Å². The number of halogens is 1. The van der Waals surface area contributed by atoms with Crippen LogP contribution in [0.3, 0.4) is 0 Å². The fourth-order valence-corrected chi connectivity index (χ4v) is 1.93. The van der Waals surface area contributed by atoms with Gasteiger partial charge in [0.1, 0.15) is 5.82 Å². The second-order valence-electron chi connectivity index (χ2n) is 3.90. The van der Waals surface area contributed by atoms with E-state index in [4.69, 9.17) is 15.9 Å². The van der Waals surface area contributed by atoms with Gasteiger partial charge in [-0.1, -0.05) is 18.1 Å². The minimum Gasteiger partial charge on any atom is -0.454 e. The number of benzene rings is 2. The van der Waals surface area contributed by atoms with Gasteiger partial charge in [-0.2, -0.15) is 0 Å². The minimum absolute atomic E-state index is 0.201. The molecule has 3 rings (SSSR count). The summed E-state index contributed by atoms with van der Waals surface area (Å²) in [5.74, 6) is 3.64. The predicted octanol–water partition coefficient (Wildman–Crippen LogP) is 3.20. The van der Waals surface area contributed by atoms with E-state index in [1.165, 1.54) is 12.1 Å². The summed E-state index contributed by atoms with van der Waals surface area (Å²) in [6.07, 6.45) is 5.49. The Bertz CT molecular complexity index is 639. The van der Waals surface area contributed by atoms with Crippen LogP contribution in [0.15, 0.2) is 36.4 Å². The highest BCUT2D eigenvalue weighted by Gasteiger charge is 2.17. The van der Waals surface area contributed by atoms with Crippen LogP contribution in [0, 0.1) is 18.2 Å². The lowest BCUT2D eigenvalue weighted by Crippen LogP contribution is -1.92. The molecule has 0 atom stereocenters. The van der Waals surface area contributed by atoms with Crippen LogP contribution in [0.1, 0.15) is 5.56 Å². The lowest BCUT2D eigenvalue weighted by molar-refractivity contribution is 0.174. The van der Waals surface area contributed by atoms with E-state index in [0.717, 1.165) is 11.1 Å². The summed E-state index contributed by atoms with van der Waals surface area (Å²) in [6.45, 7) is 0.201. The Morgan fingerprint density at radius 1 is 1.06 bits per heavy atom. The molecule has 88 valence electrons. The molecule has 2 nitrogen and oxygen atoms in total. The molecular weight excluding hydrogens is 231 g/mol. The van der Waals surface area contributed by atoms with E-state index in [0.29, 0.717) is 17.1 Å². The van der Waals surface area contributed by atoms with Gasteiger partial charge in [0.2, 0.25) is 6.79 Å². The van der Waals surface area contributed by atoms with Crippen LogP contribution in [-0.4, -0.2) is 6.79 Å². The Balaban J connectivity index is 2.17. The summed E-state index contributed by atoms with van der Waals surface area (Å²) in [4.78, 5) is 0. The van der Waals surface area contributed by atoms with Crippen molar-refractivity contribution in [2.24, 2.45) is 0 Å². The number of rotatable bonds is 1. The van der Waals surface area contributed by atoms with Crippen LogP contribution in [-0.2, 0) is 0 Å². The molecule has 2 aromatic rings. The van der Waals surface area contributed by atoms with Gasteiger partial charge in [-0.05, 0) is 23.8 Å². The number of terminal acetylenes is 1. The molecule has 0 radical (unpaired) electrons. The topological polar surface area (TPSA) is 18.5 Å². The van der Waals surface area contributed by atoms with E-state index >= 15 is 0 Å². The smallest absolute Gasteiger partial charge is 0.231 e. The van der Waals surface area contributed by atoms with Crippen molar-refractivity contribution in [2.45, 2.75) is 0 Å². The van der Waals surface area contributed by atoms with E-state index in [-0.39, 0.29) is 12.6 Å². The summed E-state index contributed by atoms with van der Waals surface area (Å²) in [7, 11) is 0. The quantitative estimate of drug-likeness (QED) is 0.712. The summed E-state index contributed by atoms with van der Waals surface area (Å²) < 4.78 is 23.5. The molecule has 0 N–H and O–H groups in total. The summed E-state index contributed by atoms with van der Waals surface area (Å²) in [6, 6.07) is 9.77. The van der Waals surface area contributed by atoms with Gasteiger partial charge in [-0.25, -0.2) is 4.39 Å². The van der Waals surface area contributed by atoms with Gasteiger partial charge in [0.15, 0.2) is 11.5 Å². The molecule has 3 heteroatoms. The second kappa shape index (κ2) is 4.08. The van der Waals surface area contributed by atoms with Crippen LogP contribution in [0.4, 0.5) is 4.39 Å². The molecule has 1 aliphatic heterocycles. The van der Waals surface area contributed by atoms with E-state index in [1.807, 2.05) is 6.07 Å². The fourth-order valence-electron chi connectivity index (χ4n) is 1.93. The molecule has 1 heterocycles. The Labute approximate surface area is 104 Å². The average molecular weight is 240 g/mol. The third kappa shape index (κ3) is 1.68. The van der Waals surface area contributed by atoms with Crippen molar-refractivity contribution >= 4 is 0 Å². The largest absolute Gasteiger partial charge is 0.454 e. The maximum atomic E-state index is 12.9. The van der Waals surface area contributed by atoms with Crippen LogP contribution in [0.5, 0.6) is 11.5 Å². The van der Waals surface area contributed by atoms with Crippen molar-refractivity contribution < 1.29 is 13.9 Å². The maximum absolute atomic E-state index is 12.9. The molecule has 0 aromatic heterocycles. The highest BCUT2D eigenvalue weighted by molar-refractivity contribution is 5.74. The Kier molecular flexibility index (Phi) is 2.42. The minimum atomic E-state index is -0.276. The highest BCUT2D eigenvalue weighted by Crippen LogP contribution is 2.38. The molecule has 0 bridgehead atoms. The number of ether oxygens (including phenoxy) is 2. The molecule has 2 aromatic carbocycles. The Morgan fingerprint density at radius 3 is 2.39 bits per heavy atom. The number of hydrogen-bond acceptors (Lipinski definition) is 2. The molecular formula is C15H9FO2. The lowest BCUT2D eigenvalue weighted by atomic mass is 9.99. The van der Waals surface area contributed by atoms with E-state index < -0.39 is 0 Å². The molecule has 0 fully saturated rings. The molecule has 0 aliphatic carbocycles. The third-order valence-electron chi connectivity index (χ3n) is 2.82. The van der Waals surface area contributed by atoms with Crippen molar-refractivity contribution in [2.75, 3.05) is 6.79 Å². The number of fused-ring (bicyclic) bond motifs is 1. The predicted molar refractivity (Wildman–Crippen MR) is 65.9 cm³/mol. The van der Waals surface area contributed by atoms with Gasteiger partial charge in [0.05, 0.1) is 0 Å².